The summed E-state index contributed by atoms with van der Waals surface area (Å²) >= 11 is 0. The summed E-state index contributed by atoms with van der Waals surface area (Å²) in [6.45, 7) is 2.39. The zero-order chi connectivity index (χ0) is 26.6. The van der Waals surface area contributed by atoms with E-state index in [9.17, 15) is 34.2 Å². The number of carbonyl (C=O) groups is 5. The third-order valence-electron chi connectivity index (χ3n) is 5.93. The summed E-state index contributed by atoms with van der Waals surface area (Å²) in [7, 11) is 0. The van der Waals surface area contributed by atoms with Crippen LogP contribution in [0.25, 0.3) is 0 Å². The maximum Gasteiger partial charge on any atom is 0.347 e. The number of amides is 4. The van der Waals surface area contributed by atoms with Crippen molar-refractivity contribution < 1.29 is 34.2 Å². The van der Waals surface area contributed by atoms with Crippen molar-refractivity contribution in [2.45, 2.75) is 38.4 Å². The number of hydrazine groups is 1. The average molecular weight is 495 g/mol. The van der Waals surface area contributed by atoms with Gasteiger partial charge in [0.1, 0.15) is 5.54 Å². The Labute approximate surface area is 206 Å². The van der Waals surface area contributed by atoms with Gasteiger partial charge < -0.3 is 16.1 Å². The Morgan fingerprint density at radius 1 is 1.08 bits per heavy atom. The Morgan fingerprint density at radius 2 is 1.69 bits per heavy atom. The van der Waals surface area contributed by atoms with Crippen LogP contribution in [0.1, 0.15) is 37.0 Å². The molecule has 188 valence electrons. The van der Waals surface area contributed by atoms with E-state index < -0.39 is 47.8 Å². The third-order valence-corrected chi connectivity index (χ3v) is 5.93. The van der Waals surface area contributed by atoms with Gasteiger partial charge in [-0.15, -0.1) is 0 Å². The monoisotopic (exact) mass is 495 g/mol. The Bertz CT molecular complexity index is 1220. The van der Waals surface area contributed by atoms with Gasteiger partial charge >= 0.3 is 18.0 Å². The molecule has 36 heavy (non-hydrogen) atoms. The standard InChI is InChI=1S/C24H25N5O7/c1-15(30)28(19(21(33)34)12-20(31)32)29-22(35)24(2,18-10-8-16(9-11-18)13-26-25)27(23(29)36)14-17-6-4-3-5-7-17/h3-11,13,19H,12,14,25H2,1-2H3,(H,31,32)(H,33,34)/t19-,24+/m0/s1. The van der Waals surface area contributed by atoms with E-state index in [0.717, 1.165) is 6.92 Å². The van der Waals surface area contributed by atoms with Crippen LogP contribution in [0.4, 0.5) is 4.79 Å². The number of carboxylic acids is 2. The maximum absolute atomic E-state index is 13.9. The maximum atomic E-state index is 13.9. The smallest absolute Gasteiger partial charge is 0.347 e. The second kappa shape index (κ2) is 10.3. The zero-order valence-electron chi connectivity index (χ0n) is 19.6. The third kappa shape index (κ3) is 4.73. The quantitative estimate of drug-likeness (QED) is 0.202. The molecule has 4 N–H and O–H groups in total. The first-order valence-corrected chi connectivity index (χ1v) is 10.8. The summed E-state index contributed by atoms with van der Waals surface area (Å²) in [5, 5.41) is 23.2. The van der Waals surface area contributed by atoms with Crippen LogP contribution >= 0.6 is 0 Å². The molecular weight excluding hydrogens is 470 g/mol. The molecule has 12 heteroatoms. The van der Waals surface area contributed by atoms with Crippen molar-refractivity contribution in [3.05, 3.63) is 71.3 Å². The van der Waals surface area contributed by atoms with E-state index in [1.165, 1.54) is 18.0 Å². The van der Waals surface area contributed by atoms with E-state index in [0.29, 0.717) is 26.7 Å². The van der Waals surface area contributed by atoms with Crippen LogP contribution < -0.4 is 5.84 Å². The molecule has 1 aliphatic rings. The van der Waals surface area contributed by atoms with Crippen molar-refractivity contribution in [3.8, 4) is 0 Å². The molecule has 2 aromatic carbocycles. The molecule has 0 saturated carbocycles. The number of urea groups is 1. The summed E-state index contributed by atoms with van der Waals surface area (Å²) in [6.07, 6.45) is 0.372. The Morgan fingerprint density at radius 3 is 2.19 bits per heavy atom. The van der Waals surface area contributed by atoms with Gasteiger partial charge in [-0.05, 0) is 23.6 Å². The lowest BCUT2D eigenvalue weighted by Gasteiger charge is -2.33. The van der Waals surface area contributed by atoms with Crippen molar-refractivity contribution in [1.82, 2.24) is 14.9 Å². The molecule has 0 radical (unpaired) electrons. The first kappa shape index (κ1) is 25.9. The first-order valence-electron chi connectivity index (χ1n) is 10.8. The van der Waals surface area contributed by atoms with E-state index in [1.54, 1.807) is 54.6 Å². The van der Waals surface area contributed by atoms with Gasteiger partial charge in [-0.2, -0.15) is 10.1 Å². The lowest BCUT2D eigenvalue weighted by molar-refractivity contribution is -0.170. The average Bonchev–Trinajstić information content (AvgIpc) is 3.01. The Hall–Kier alpha value is -4.74. The minimum Gasteiger partial charge on any atom is -0.481 e. The number of nitrogens with two attached hydrogens (primary N) is 1. The van der Waals surface area contributed by atoms with Gasteiger partial charge in [0, 0.05) is 13.5 Å². The predicted octanol–water partition coefficient (Wildman–Crippen LogP) is 1.35. The molecule has 0 spiro atoms. The van der Waals surface area contributed by atoms with Crippen LogP contribution in [0.2, 0.25) is 0 Å². The predicted molar refractivity (Wildman–Crippen MR) is 126 cm³/mol. The lowest BCUT2D eigenvalue weighted by atomic mass is 9.89. The minimum atomic E-state index is -1.99. The van der Waals surface area contributed by atoms with Crippen molar-refractivity contribution in [3.63, 3.8) is 0 Å². The largest absolute Gasteiger partial charge is 0.481 e. The van der Waals surface area contributed by atoms with E-state index in [2.05, 4.69) is 5.10 Å². The molecule has 2 atom stereocenters. The molecule has 1 saturated heterocycles. The minimum absolute atomic E-state index is 0.0488. The van der Waals surface area contributed by atoms with Crippen LogP contribution in [0.3, 0.4) is 0 Å². The van der Waals surface area contributed by atoms with Gasteiger partial charge in [-0.25, -0.2) is 14.6 Å². The number of hydrogen-bond donors (Lipinski definition) is 3. The van der Waals surface area contributed by atoms with Gasteiger partial charge in [0.15, 0.2) is 6.04 Å². The highest BCUT2D eigenvalue weighted by atomic mass is 16.4. The molecule has 1 aliphatic heterocycles. The molecule has 3 rings (SSSR count). The lowest BCUT2D eigenvalue weighted by Crippen LogP contribution is -2.57. The SMILES string of the molecule is CC(=O)N([C@@H](CC(=O)O)C(=O)O)N1C(=O)N(Cc2ccccc2)[C@](C)(c2ccc(C=NN)cc2)C1=O. The molecule has 0 aromatic heterocycles. The Balaban J connectivity index is 2.17. The van der Waals surface area contributed by atoms with Crippen LogP contribution in [0, 0.1) is 0 Å². The van der Waals surface area contributed by atoms with E-state index in [-0.39, 0.29) is 6.54 Å². The number of hydrogen-bond acceptors (Lipinski definition) is 7. The second-order valence-corrected chi connectivity index (χ2v) is 8.26. The summed E-state index contributed by atoms with van der Waals surface area (Å²) < 4.78 is 0. The number of carbonyl (C=O) groups excluding carboxylic acids is 3. The fourth-order valence-corrected chi connectivity index (χ4v) is 4.10. The van der Waals surface area contributed by atoms with Crippen LogP contribution in [-0.4, -0.2) is 67.2 Å². The molecule has 4 amide bonds. The number of benzene rings is 2. The number of nitrogens with zero attached hydrogens (tertiary/aromatic N) is 4. The molecule has 2 aromatic rings. The van der Waals surface area contributed by atoms with Crippen molar-refractivity contribution >= 4 is 36.0 Å². The highest BCUT2D eigenvalue weighted by Crippen LogP contribution is 2.40. The zero-order valence-corrected chi connectivity index (χ0v) is 19.6. The highest BCUT2D eigenvalue weighted by molar-refractivity contribution is 6.08. The number of carboxylic acid groups (broad SMARTS) is 2. The molecule has 0 unspecified atom stereocenters. The number of imide groups is 1. The van der Waals surface area contributed by atoms with Crippen LogP contribution in [0.15, 0.2) is 59.7 Å². The summed E-state index contributed by atoms with van der Waals surface area (Å²) in [5.74, 6) is 0.102. The molecule has 0 bridgehead atoms. The van der Waals surface area contributed by atoms with E-state index in [1.807, 2.05) is 0 Å². The summed E-state index contributed by atoms with van der Waals surface area (Å²) in [5.41, 5.74) is 0.0203. The van der Waals surface area contributed by atoms with Crippen LogP contribution in [0.5, 0.6) is 0 Å². The van der Waals surface area contributed by atoms with Gasteiger partial charge in [0.2, 0.25) is 5.91 Å². The van der Waals surface area contributed by atoms with Gasteiger partial charge in [-0.3, -0.25) is 19.3 Å². The number of hydrazone groups is 1. The fraction of sp³-hybridized carbons (Fsp3) is 0.250. The fourth-order valence-electron chi connectivity index (χ4n) is 4.10. The van der Waals surface area contributed by atoms with Crippen molar-refractivity contribution in [2.24, 2.45) is 10.9 Å². The van der Waals surface area contributed by atoms with Gasteiger partial charge in [0.05, 0.1) is 12.6 Å². The highest BCUT2D eigenvalue weighted by Gasteiger charge is 2.59. The van der Waals surface area contributed by atoms with Crippen molar-refractivity contribution in [2.75, 3.05) is 0 Å². The topological polar surface area (TPSA) is 174 Å². The summed E-state index contributed by atoms with van der Waals surface area (Å²) in [6, 6.07) is 12.3. The molecule has 1 heterocycles. The summed E-state index contributed by atoms with van der Waals surface area (Å²) in [4.78, 5) is 64.6. The van der Waals surface area contributed by atoms with Gasteiger partial charge in [0.25, 0.3) is 5.91 Å². The normalized spacial score (nSPS) is 18.5. The van der Waals surface area contributed by atoms with E-state index >= 15 is 0 Å². The number of rotatable bonds is 9. The Kier molecular flexibility index (Phi) is 7.37. The molecule has 12 nitrogen and oxygen atoms in total. The van der Waals surface area contributed by atoms with Crippen LogP contribution in [-0.2, 0) is 31.3 Å². The molecule has 0 aliphatic carbocycles. The number of aliphatic carboxylic acids is 2. The first-order chi connectivity index (χ1) is 17.0. The van der Waals surface area contributed by atoms with Gasteiger partial charge in [-0.1, -0.05) is 54.6 Å². The van der Waals surface area contributed by atoms with E-state index in [4.69, 9.17) is 5.84 Å². The molecule has 1 fully saturated rings. The van der Waals surface area contributed by atoms with Crippen molar-refractivity contribution in [1.29, 1.82) is 0 Å². The molecular formula is C24H25N5O7. The second-order valence-electron chi connectivity index (χ2n) is 8.26.